The molecule has 1 fully saturated rings. The van der Waals surface area contributed by atoms with Gasteiger partial charge in [0.1, 0.15) is 0 Å². The predicted octanol–water partition coefficient (Wildman–Crippen LogP) is 5.97. The predicted molar refractivity (Wildman–Crippen MR) is 114 cm³/mol. The number of hydrogen-bond acceptors (Lipinski definition) is 2. The van der Waals surface area contributed by atoms with Crippen molar-refractivity contribution >= 4 is 11.5 Å². The molecule has 0 amide bonds. The second-order valence-electron chi connectivity index (χ2n) is 9.15. The molecule has 3 nitrogen and oxygen atoms in total. The van der Waals surface area contributed by atoms with Gasteiger partial charge in [-0.3, -0.25) is 4.79 Å². The van der Waals surface area contributed by atoms with Gasteiger partial charge in [0.05, 0.1) is 18.1 Å². The molecule has 1 aromatic carbocycles. The molecule has 0 aromatic heterocycles. The summed E-state index contributed by atoms with van der Waals surface area (Å²) in [4.78, 5) is 12.0. The van der Waals surface area contributed by atoms with Gasteiger partial charge >= 0.3 is 5.97 Å². The summed E-state index contributed by atoms with van der Waals surface area (Å²) in [5.74, 6) is 0.111. The number of allylic oxidation sites excluding steroid dienone is 1. The number of carboxylic acids is 1. The van der Waals surface area contributed by atoms with Crippen molar-refractivity contribution in [1.82, 2.24) is 0 Å². The Balaban J connectivity index is 2.02. The van der Waals surface area contributed by atoms with Crippen molar-refractivity contribution in [3.63, 3.8) is 0 Å². The molecule has 0 spiro atoms. The Bertz CT molecular complexity index is 740. The van der Waals surface area contributed by atoms with E-state index >= 15 is 0 Å². The first kappa shape index (κ1) is 20.9. The molecular formula is C25H34O3. The monoisotopic (exact) mass is 382 g/mol. The van der Waals surface area contributed by atoms with Crippen molar-refractivity contribution in [1.29, 1.82) is 0 Å². The Morgan fingerprint density at radius 2 is 1.86 bits per heavy atom. The molecule has 152 valence electrons. The zero-order chi connectivity index (χ0) is 20.3. The van der Waals surface area contributed by atoms with Crippen LogP contribution < -0.4 is 0 Å². The van der Waals surface area contributed by atoms with Crippen molar-refractivity contribution in [2.45, 2.75) is 59.0 Å². The lowest BCUT2D eigenvalue weighted by molar-refractivity contribution is -0.140. The van der Waals surface area contributed by atoms with E-state index in [4.69, 9.17) is 4.74 Å². The van der Waals surface area contributed by atoms with Crippen LogP contribution in [0.15, 0.2) is 48.1 Å². The lowest BCUT2D eigenvalue weighted by atomic mass is 9.71. The average Bonchev–Trinajstić information content (AvgIpc) is 3.49. The van der Waals surface area contributed by atoms with Crippen LogP contribution in [-0.4, -0.2) is 23.3 Å². The second-order valence-corrected chi connectivity index (χ2v) is 9.15. The third-order valence-electron chi connectivity index (χ3n) is 6.11. The molecule has 2 unspecified atom stereocenters. The Hall–Kier alpha value is -1.87. The van der Waals surface area contributed by atoms with Crippen LogP contribution in [0, 0.1) is 23.7 Å². The molecular weight excluding hydrogens is 348 g/mol. The second kappa shape index (κ2) is 8.65. The van der Waals surface area contributed by atoms with Gasteiger partial charge in [0.2, 0.25) is 0 Å². The first-order chi connectivity index (χ1) is 13.3. The number of carbonyl (C=O) groups is 1. The molecule has 2 aliphatic rings. The summed E-state index contributed by atoms with van der Waals surface area (Å²) in [6.45, 7) is 9.38. The highest BCUT2D eigenvalue weighted by Gasteiger charge is 2.43. The summed E-state index contributed by atoms with van der Waals surface area (Å²) < 4.78 is 6.63. The summed E-state index contributed by atoms with van der Waals surface area (Å²) >= 11 is 0. The fraction of sp³-hybridized carbons (Fsp3) is 0.560. The lowest BCUT2D eigenvalue weighted by Gasteiger charge is -2.42. The van der Waals surface area contributed by atoms with Crippen LogP contribution in [-0.2, 0) is 9.53 Å². The number of hydrogen-bond donors (Lipinski definition) is 1. The van der Waals surface area contributed by atoms with E-state index in [-0.39, 0.29) is 0 Å². The van der Waals surface area contributed by atoms with Gasteiger partial charge in [0.15, 0.2) is 0 Å². The number of ether oxygens (including phenoxy) is 1. The van der Waals surface area contributed by atoms with E-state index in [0.29, 0.717) is 24.2 Å². The first-order valence-corrected chi connectivity index (χ1v) is 10.7. The molecule has 0 bridgehead atoms. The summed E-state index contributed by atoms with van der Waals surface area (Å²) in [5.41, 5.74) is 2.79. The fourth-order valence-corrected chi connectivity index (χ4v) is 4.17. The Kier molecular flexibility index (Phi) is 6.44. The molecule has 1 N–H and O–H groups in total. The maximum atomic E-state index is 12.0. The average molecular weight is 383 g/mol. The van der Waals surface area contributed by atoms with Gasteiger partial charge in [0.25, 0.3) is 0 Å². The lowest BCUT2D eigenvalue weighted by Crippen LogP contribution is -2.42. The van der Waals surface area contributed by atoms with Gasteiger partial charge in [0, 0.05) is 0 Å². The van der Waals surface area contributed by atoms with Gasteiger partial charge in [-0.15, -0.1) is 0 Å². The van der Waals surface area contributed by atoms with Gasteiger partial charge in [-0.05, 0) is 60.1 Å². The summed E-state index contributed by atoms with van der Waals surface area (Å²) in [5, 5.41) is 9.85. The van der Waals surface area contributed by atoms with Crippen LogP contribution in [0.5, 0.6) is 0 Å². The minimum atomic E-state index is -0.737. The number of benzene rings is 1. The van der Waals surface area contributed by atoms with Gasteiger partial charge in [-0.2, -0.15) is 0 Å². The zero-order valence-electron chi connectivity index (χ0n) is 17.7. The minimum absolute atomic E-state index is 0.295. The normalized spacial score (nSPS) is 23.5. The standard InChI is InChI=1S/C25H34O3/c1-17(2)14-22(24(26)27)21-12-13-25(18(3)4,28-16-19-10-11-19)23(15-21)20-8-6-5-7-9-20/h5-9,12,15,17-19,22H,10-11,13-14,16H2,1-4H3,(H,26,27). The SMILES string of the molecule is CC(C)CC(C(=O)O)C1=CCC(OCC2CC2)(C(C)C)C(c2ccccc2)=C1. The molecule has 1 aromatic rings. The van der Waals surface area contributed by atoms with E-state index < -0.39 is 17.5 Å². The molecule has 28 heavy (non-hydrogen) atoms. The van der Waals surface area contributed by atoms with Crippen molar-refractivity contribution in [2.24, 2.45) is 23.7 Å². The molecule has 0 aliphatic heterocycles. The van der Waals surface area contributed by atoms with E-state index in [1.165, 1.54) is 12.8 Å². The van der Waals surface area contributed by atoms with Crippen molar-refractivity contribution in [3.05, 3.63) is 53.6 Å². The Labute approximate surface area is 169 Å². The van der Waals surface area contributed by atoms with Gasteiger partial charge in [-0.25, -0.2) is 0 Å². The highest BCUT2D eigenvalue weighted by molar-refractivity contribution is 5.81. The van der Waals surface area contributed by atoms with Crippen LogP contribution in [0.3, 0.4) is 0 Å². The van der Waals surface area contributed by atoms with E-state index in [9.17, 15) is 9.90 Å². The first-order valence-electron chi connectivity index (χ1n) is 10.7. The van der Waals surface area contributed by atoms with Crippen molar-refractivity contribution < 1.29 is 14.6 Å². The third-order valence-corrected chi connectivity index (χ3v) is 6.11. The molecule has 2 atom stereocenters. The number of rotatable bonds is 9. The maximum Gasteiger partial charge on any atom is 0.310 e. The van der Waals surface area contributed by atoms with E-state index in [1.807, 2.05) is 18.2 Å². The summed E-state index contributed by atoms with van der Waals surface area (Å²) in [6, 6.07) is 10.3. The summed E-state index contributed by atoms with van der Waals surface area (Å²) in [6.07, 6.45) is 8.14. The molecule has 1 saturated carbocycles. The molecule has 0 radical (unpaired) electrons. The van der Waals surface area contributed by atoms with Crippen LogP contribution in [0.2, 0.25) is 0 Å². The largest absolute Gasteiger partial charge is 0.481 e. The fourth-order valence-electron chi connectivity index (χ4n) is 4.17. The van der Waals surface area contributed by atoms with E-state index in [0.717, 1.165) is 29.7 Å². The van der Waals surface area contributed by atoms with E-state index in [2.05, 4.69) is 52.0 Å². The molecule has 0 saturated heterocycles. The van der Waals surface area contributed by atoms with Crippen LogP contribution in [0.1, 0.15) is 58.9 Å². The smallest absolute Gasteiger partial charge is 0.310 e. The Morgan fingerprint density at radius 3 is 2.39 bits per heavy atom. The van der Waals surface area contributed by atoms with Crippen molar-refractivity contribution in [3.8, 4) is 0 Å². The van der Waals surface area contributed by atoms with Gasteiger partial charge in [-0.1, -0.05) is 70.2 Å². The molecule has 2 aliphatic carbocycles. The summed E-state index contributed by atoms with van der Waals surface area (Å²) in [7, 11) is 0. The van der Waals surface area contributed by atoms with Gasteiger partial charge < -0.3 is 9.84 Å². The van der Waals surface area contributed by atoms with Crippen molar-refractivity contribution in [2.75, 3.05) is 6.61 Å². The Morgan fingerprint density at radius 1 is 1.18 bits per heavy atom. The van der Waals surface area contributed by atoms with Crippen LogP contribution in [0.4, 0.5) is 0 Å². The number of aliphatic carboxylic acids is 1. The van der Waals surface area contributed by atoms with Crippen LogP contribution >= 0.6 is 0 Å². The quantitative estimate of drug-likeness (QED) is 0.572. The molecule has 3 rings (SSSR count). The third kappa shape index (κ3) is 4.57. The highest BCUT2D eigenvalue weighted by atomic mass is 16.5. The van der Waals surface area contributed by atoms with Crippen LogP contribution in [0.25, 0.3) is 5.57 Å². The topological polar surface area (TPSA) is 46.5 Å². The minimum Gasteiger partial charge on any atom is -0.481 e. The molecule has 3 heteroatoms. The number of carboxylic acid groups (broad SMARTS) is 1. The molecule has 0 heterocycles. The highest BCUT2D eigenvalue weighted by Crippen LogP contribution is 2.46. The zero-order valence-corrected chi connectivity index (χ0v) is 17.7. The maximum absolute atomic E-state index is 12.0. The van der Waals surface area contributed by atoms with E-state index in [1.54, 1.807) is 0 Å².